The van der Waals surface area contributed by atoms with E-state index in [1.165, 1.54) is 5.56 Å². The van der Waals surface area contributed by atoms with Crippen LogP contribution >= 0.6 is 0 Å². The van der Waals surface area contributed by atoms with Gasteiger partial charge in [-0.2, -0.15) is 0 Å². The second-order valence-electron chi connectivity index (χ2n) is 4.13. The summed E-state index contributed by atoms with van der Waals surface area (Å²) in [6.07, 6.45) is 5.18. The molecule has 0 spiro atoms. The molecular weight excluding hydrogens is 176 g/mol. The van der Waals surface area contributed by atoms with Crippen molar-refractivity contribution in [1.82, 2.24) is 10.3 Å². The van der Waals surface area contributed by atoms with Crippen molar-refractivity contribution in [2.24, 2.45) is 0 Å². The molecule has 0 aromatic carbocycles. The van der Waals surface area contributed by atoms with E-state index in [0.717, 1.165) is 18.5 Å². The lowest BCUT2D eigenvalue weighted by Gasteiger charge is -2.21. The van der Waals surface area contributed by atoms with Crippen LogP contribution < -0.4 is 5.32 Å². The largest absolute Gasteiger partial charge is 0.388 e. The van der Waals surface area contributed by atoms with Crippen LogP contribution in [0.5, 0.6) is 0 Å². The molecule has 1 aromatic heterocycles. The second-order valence-corrected chi connectivity index (χ2v) is 4.13. The fraction of sp³-hybridized carbons (Fsp3) is 0.545. The number of nitrogens with zero attached hydrogens (tertiary/aromatic N) is 1. The molecule has 76 valence electrons. The molecule has 1 aliphatic heterocycles. The molecule has 1 aliphatic rings. The van der Waals surface area contributed by atoms with Crippen LogP contribution in [0.15, 0.2) is 18.5 Å². The van der Waals surface area contributed by atoms with Gasteiger partial charge in [0.1, 0.15) is 0 Å². The Morgan fingerprint density at radius 1 is 1.64 bits per heavy atom. The van der Waals surface area contributed by atoms with Crippen molar-refractivity contribution in [2.45, 2.75) is 25.4 Å². The minimum atomic E-state index is -0.562. The maximum atomic E-state index is 10.2. The summed E-state index contributed by atoms with van der Waals surface area (Å²) in [6.45, 7) is 3.67. The molecule has 1 fully saturated rings. The average Bonchev–Trinajstić information content (AvgIpc) is 2.57. The number of aryl methyl sites for hydroxylation is 1. The molecule has 0 bridgehead atoms. The average molecular weight is 192 g/mol. The summed E-state index contributed by atoms with van der Waals surface area (Å²) in [5.74, 6) is 0. The number of pyridine rings is 1. The van der Waals surface area contributed by atoms with Gasteiger partial charge in [-0.15, -0.1) is 0 Å². The number of aromatic nitrogens is 1. The quantitative estimate of drug-likeness (QED) is 0.723. The zero-order valence-corrected chi connectivity index (χ0v) is 8.45. The van der Waals surface area contributed by atoms with E-state index in [2.05, 4.69) is 17.2 Å². The van der Waals surface area contributed by atoms with Crippen LogP contribution in [0.3, 0.4) is 0 Å². The maximum absolute atomic E-state index is 10.2. The van der Waals surface area contributed by atoms with Crippen LogP contribution in [-0.2, 0) is 6.42 Å². The first-order valence-electron chi connectivity index (χ1n) is 5.02. The van der Waals surface area contributed by atoms with Crippen LogP contribution in [0.1, 0.15) is 17.5 Å². The van der Waals surface area contributed by atoms with Crippen molar-refractivity contribution >= 4 is 0 Å². The highest BCUT2D eigenvalue weighted by Crippen LogP contribution is 2.21. The zero-order valence-electron chi connectivity index (χ0n) is 8.45. The summed E-state index contributed by atoms with van der Waals surface area (Å²) < 4.78 is 0. The molecule has 14 heavy (non-hydrogen) atoms. The third kappa shape index (κ3) is 1.94. The maximum Gasteiger partial charge on any atom is 0.0824 e. The molecule has 3 heteroatoms. The van der Waals surface area contributed by atoms with Gasteiger partial charge in [-0.25, -0.2) is 0 Å². The summed E-state index contributed by atoms with van der Waals surface area (Å²) in [4.78, 5) is 4.09. The first kappa shape index (κ1) is 9.62. The molecule has 2 N–H and O–H groups in total. The smallest absolute Gasteiger partial charge is 0.0824 e. The van der Waals surface area contributed by atoms with Gasteiger partial charge in [0.15, 0.2) is 0 Å². The van der Waals surface area contributed by atoms with E-state index in [9.17, 15) is 5.11 Å². The van der Waals surface area contributed by atoms with E-state index in [1.54, 1.807) is 6.20 Å². The first-order valence-corrected chi connectivity index (χ1v) is 5.02. The first-order chi connectivity index (χ1) is 6.70. The van der Waals surface area contributed by atoms with Crippen molar-refractivity contribution in [2.75, 3.05) is 13.1 Å². The van der Waals surface area contributed by atoms with Crippen LogP contribution in [0, 0.1) is 6.92 Å². The predicted molar refractivity (Wildman–Crippen MR) is 55.1 cm³/mol. The Hall–Kier alpha value is -0.930. The summed E-state index contributed by atoms with van der Waals surface area (Å²) in [6, 6.07) is 1.99. The normalized spacial score (nSPS) is 26.7. The standard InChI is InChI=1S/C11H16N2O/c1-9-2-4-12-7-10(9)6-11(14)3-5-13-8-11/h2,4,7,13-14H,3,5-6,8H2,1H3. The van der Waals surface area contributed by atoms with Gasteiger partial charge in [0.25, 0.3) is 0 Å². The van der Waals surface area contributed by atoms with Gasteiger partial charge < -0.3 is 10.4 Å². The lowest BCUT2D eigenvalue weighted by molar-refractivity contribution is 0.0616. The van der Waals surface area contributed by atoms with E-state index < -0.39 is 5.60 Å². The fourth-order valence-corrected chi connectivity index (χ4v) is 1.92. The number of aliphatic hydroxyl groups is 1. The molecule has 0 aliphatic carbocycles. The molecule has 1 aromatic rings. The van der Waals surface area contributed by atoms with Crippen molar-refractivity contribution in [1.29, 1.82) is 0 Å². The van der Waals surface area contributed by atoms with Crippen LogP contribution in [0.2, 0.25) is 0 Å². The van der Waals surface area contributed by atoms with Gasteiger partial charge in [-0.05, 0) is 37.1 Å². The van der Waals surface area contributed by atoms with Crippen LogP contribution in [0.4, 0.5) is 0 Å². The number of hydrogen-bond acceptors (Lipinski definition) is 3. The molecular formula is C11H16N2O. The topological polar surface area (TPSA) is 45.2 Å². The molecule has 2 rings (SSSR count). The van der Waals surface area contributed by atoms with Gasteiger partial charge in [0.2, 0.25) is 0 Å². The number of rotatable bonds is 2. The van der Waals surface area contributed by atoms with E-state index in [1.807, 2.05) is 12.3 Å². The van der Waals surface area contributed by atoms with Gasteiger partial charge in [0.05, 0.1) is 5.60 Å². The lowest BCUT2D eigenvalue weighted by atomic mass is 9.93. The Balaban J connectivity index is 2.14. The monoisotopic (exact) mass is 192 g/mol. The van der Waals surface area contributed by atoms with Crippen molar-refractivity contribution < 1.29 is 5.11 Å². The fourth-order valence-electron chi connectivity index (χ4n) is 1.92. The molecule has 0 saturated carbocycles. The molecule has 1 atom stereocenters. The highest BCUT2D eigenvalue weighted by molar-refractivity contribution is 5.23. The zero-order chi connectivity index (χ0) is 10.0. The summed E-state index contributed by atoms with van der Waals surface area (Å²) in [5, 5.41) is 13.4. The molecule has 1 unspecified atom stereocenters. The Kier molecular flexibility index (Phi) is 2.52. The van der Waals surface area contributed by atoms with E-state index in [0.29, 0.717) is 13.0 Å². The highest BCUT2D eigenvalue weighted by Gasteiger charge is 2.31. The van der Waals surface area contributed by atoms with E-state index >= 15 is 0 Å². The molecule has 1 saturated heterocycles. The lowest BCUT2D eigenvalue weighted by Crippen LogP contribution is -2.34. The Labute approximate surface area is 84.2 Å². The van der Waals surface area contributed by atoms with Crippen molar-refractivity contribution in [3.8, 4) is 0 Å². The van der Waals surface area contributed by atoms with E-state index in [-0.39, 0.29) is 0 Å². The van der Waals surface area contributed by atoms with Gasteiger partial charge >= 0.3 is 0 Å². The Morgan fingerprint density at radius 2 is 2.50 bits per heavy atom. The summed E-state index contributed by atoms with van der Waals surface area (Å²) in [5.41, 5.74) is 1.80. The van der Waals surface area contributed by atoms with Gasteiger partial charge in [0, 0.05) is 25.4 Å². The molecule has 0 amide bonds. The minimum absolute atomic E-state index is 0.562. The summed E-state index contributed by atoms with van der Waals surface area (Å²) in [7, 11) is 0. The molecule has 2 heterocycles. The third-order valence-electron chi connectivity index (χ3n) is 2.89. The number of β-amino-alcohol motifs (C(OH)–C–C–N with tert-alkyl or cyclic N) is 1. The van der Waals surface area contributed by atoms with Crippen LogP contribution in [-0.4, -0.2) is 28.8 Å². The van der Waals surface area contributed by atoms with E-state index in [4.69, 9.17) is 0 Å². The van der Waals surface area contributed by atoms with Gasteiger partial charge in [-0.1, -0.05) is 0 Å². The van der Waals surface area contributed by atoms with Gasteiger partial charge in [-0.3, -0.25) is 4.98 Å². The predicted octanol–water partition coefficient (Wildman–Crippen LogP) is 0.657. The Bertz CT molecular complexity index is 319. The Morgan fingerprint density at radius 3 is 3.14 bits per heavy atom. The number of hydrogen-bond donors (Lipinski definition) is 2. The second kappa shape index (κ2) is 3.67. The number of nitrogens with one attached hydrogen (secondary N) is 1. The molecule has 0 radical (unpaired) electrons. The summed E-state index contributed by atoms with van der Waals surface area (Å²) >= 11 is 0. The molecule has 3 nitrogen and oxygen atoms in total. The van der Waals surface area contributed by atoms with Crippen molar-refractivity contribution in [3.63, 3.8) is 0 Å². The SMILES string of the molecule is Cc1ccncc1CC1(O)CCNC1. The van der Waals surface area contributed by atoms with Crippen LogP contribution in [0.25, 0.3) is 0 Å². The minimum Gasteiger partial charge on any atom is -0.388 e. The highest BCUT2D eigenvalue weighted by atomic mass is 16.3. The van der Waals surface area contributed by atoms with Crippen molar-refractivity contribution in [3.05, 3.63) is 29.6 Å². The third-order valence-corrected chi connectivity index (χ3v) is 2.89.